The molecule has 0 bridgehead atoms. The third-order valence-electron chi connectivity index (χ3n) is 3.26. The summed E-state index contributed by atoms with van der Waals surface area (Å²) < 4.78 is 77.0. The van der Waals surface area contributed by atoms with Crippen LogP contribution in [0, 0.1) is 10.1 Å². The van der Waals surface area contributed by atoms with Crippen molar-refractivity contribution in [3.63, 3.8) is 0 Å². The molecule has 0 unspecified atom stereocenters. The van der Waals surface area contributed by atoms with Gasteiger partial charge in [0.05, 0.1) is 26.8 Å². The molecule has 0 saturated heterocycles. The van der Waals surface area contributed by atoms with E-state index in [0.717, 1.165) is 18.2 Å². The van der Waals surface area contributed by atoms with Crippen LogP contribution in [0.4, 0.5) is 37.7 Å². The molecule has 0 heterocycles. The van der Waals surface area contributed by atoms with E-state index in [-0.39, 0.29) is 28.9 Å². The number of carbonyl (C=O) groups is 1. The summed E-state index contributed by atoms with van der Waals surface area (Å²) in [5.74, 6) is -1.30. The van der Waals surface area contributed by atoms with E-state index in [1.54, 1.807) is 0 Å². The molecule has 1 amide bonds. The summed E-state index contributed by atoms with van der Waals surface area (Å²) in [6.45, 7) is 0. The van der Waals surface area contributed by atoms with Gasteiger partial charge in [0.25, 0.3) is 11.6 Å². The summed E-state index contributed by atoms with van der Waals surface area (Å²) >= 11 is 5.73. The number of anilines is 1. The molecule has 0 saturated carbocycles. The average molecular weight is 413 g/mol. The Bertz CT molecular complexity index is 879. The Labute approximate surface area is 151 Å². The van der Waals surface area contributed by atoms with Gasteiger partial charge in [0, 0.05) is 17.7 Å². The predicted molar refractivity (Wildman–Crippen MR) is 82.5 cm³/mol. The van der Waals surface area contributed by atoms with Gasteiger partial charge in [0.2, 0.25) is 0 Å². The lowest BCUT2D eigenvalue weighted by atomic mass is 10.0. The normalized spacial score (nSPS) is 12.0. The van der Waals surface area contributed by atoms with Crippen molar-refractivity contribution in [2.75, 3.05) is 5.32 Å². The van der Waals surface area contributed by atoms with E-state index in [1.807, 2.05) is 5.32 Å². The van der Waals surface area contributed by atoms with E-state index in [0.29, 0.717) is 0 Å². The Morgan fingerprint density at radius 3 is 1.89 bits per heavy atom. The number of rotatable bonds is 3. The first-order chi connectivity index (χ1) is 12.3. The molecule has 2 aromatic carbocycles. The van der Waals surface area contributed by atoms with Crippen molar-refractivity contribution in [2.24, 2.45) is 0 Å². The highest BCUT2D eigenvalue weighted by Gasteiger charge is 2.37. The predicted octanol–water partition coefficient (Wildman–Crippen LogP) is 5.54. The van der Waals surface area contributed by atoms with Crippen LogP contribution in [-0.4, -0.2) is 10.8 Å². The van der Waals surface area contributed by atoms with Crippen LogP contribution in [0.3, 0.4) is 0 Å². The number of nitro benzene ring substituents is 1. The number of nitrogens with one attached hydrogen (secondary N) is 1. The second kappa shape index (κ2) is 7.06. The number of benzene rings is 2. The maximum Gasteiger partial charge on any atom is 0.416 e. The molecule has 0 aliphatic carbocycles. The van der Waals surface area contributed by atoms with Crippen LogP contribution in [0.15, 0.2) is 36.4 Å². The monoisotopic (exact) mass is 412 g/mol. The smallest absolute Gasteiger partial charge is 0.321 e. The largest absolute Gasteiger partial charge is 0.416 e. The average Bonchev–Trinajstić information content (AvgIpc) is 2.54. The number of carbonyl (C=O) groups excluding carboxylic acids is 1. The number of hydrogen-bond acceptors (Lipinski definition) is 3. The first-order valence-electron chi connectivity index (χ1n) is 6.84. The van der Waals surface area contributed by atoms with Gasteiger partial charge in [0.15, 0.2) is 0 Å². The molecule has 0 spiro atoms. The lowest BCUT2D eigenvalue weighted by Crippen LogP contribution is -2.17. The topological polar surface area (TPSA) is 72.2 Å². The Morgan fingerprint density at radius 2 is 1.48 bits per heavy atom. The number of nitrogens with zero attached hydrogens (tertiary/aromatic N) is 1. The quantitative estimate of drug-likeness (QED) is 0.409. The third-order valence-corrected chi connectivity index (χ3v) is 3.57. The molecule has 12 heteroatoms. The van der Waals surface area contributed by atoms with Crippen LogP contribution in [0.25, 0.3) is 0 Å². The van der Waals surface area contributed by atoms with E-state index in [9.17, 15) is 41.3 Å². The van der Waals surface area contributed by atoms with Gasteiger partial charge in [-0.05, 0) is 24.3 Å². The molecule has 0 radical (unpaired) electrons. The first kappa shape index (κ1) is 20.5. The molecular formula is C15H7ClF6N2O3. The van der Waals surface area contributed by atoms with Crippen molar-refractivity contribution in [1.29, 1.82) is 0 Å². The van der Waals surface area contributed by atoms with Crippen LogP contribution >= 0.6 is 11.6 Å². The van der Waals surface area contributed by atoms with Gasteiger partial charge in [-0.15, -0.1) is 0 Å². The van der Waals surface area contributed by atoms with Crippen molar-refractivity contribution >= 4 is 28.9 Å². The zero-order chi connectivity index (χ0) is 20.6. The molecule has 0 atom stereocenters. The van der Waals surface area contributed by atoms with Gasteiger partial charge in [-0.25, -0.2) is 0 Å². The first-order valence-corrected chi connectivity index (χ1v) is 7.21. The van der Waals surface area contributed by atoms with Crippen LogP contribution in [0.2, 0.25) is 5.02 Å². The minimum absolute atomic E-state index is 0.115. The molecule has 0 aliphatic heterocycles. The lowest BCUT2D eigenvalue weighted by Gasteiger charge is -2.14. The molecule has 0 aromatic heterocycles. The van der Waals surface area contributed by atoms with Gasteiger partial charge in [0.1, 0.15) is 0 Å². The molecule has 2 rings (SSSR count). The third kappa shape index (κ3) is 4.88. The Kier molecular flexibility index (Phi) is 5.36. The number of non-ortho nitro benzene ring substituents is 1. The molecule has 5 nitrogen and oxygen atoms in total. The van der Waals surface area contributed by atoms with Crippen LogP contribution in [0.5, 0.6) is 0 Å². The molecule has 0 aliphatic rings. The number of amides is 1. The molecule has 27 heavy (non-hydrogen) atoms. The Hall–Kier alpha value is -2.82. The molecule has 0 fully saturated rings. The molecular weight excluding hydrogens is 406 g/mol. The van der Waals surface area contributed by atoms with Crippen LogP contribution in [0.1, 0.15) is 21.5 Å². The summed E-state index contributed by atoms with van der Waals surface area (Å²) in [6.07, 6.45) is -10.2. The Balaban J connectivity index is 2.42. The number of hydrogen-bond donors (Lipinski definition) is 1. The van der Waals surface area contributed by atoms with Crippen molar-refractivity contribution in [3.05, 3.63) is 68.2 Å². The van der Waals surface area contributed by atoms with Crippen molar-refractivity contribution < 1.29 is 36.1 Å². The second-order valence-corrected chi connectivity index (χ2v) is 5.58. The van der Waals surface area contributed by atoms with E-state index >= 15 is 0 Å². The minimum Gasteiger partial charge on any atom is -0.321 e. The maximum absolute atomic E-state index is 12.8. The summed E-state index contributed by atoms with van der Waals surface area (Å²) in [5.41, 5.74) is -4.87. The molecule has 144 valence electrons. The van der Waals surface area contributed by atoms with E-state index < -0.39 is 45.6 Å². The summed E-state index contributed by atoms with van der Waals surface area (Å²) in [4.78, 5) is 21.9. The van der Waals surface area contributed by atoms with E-state index in [2.05, 4.69) is 0 Å². The fraction of sp³-hybridized carbons (Fsp3) is 0.133. The van der Waals surface area contributed by atoms with Crippen molar-refractivity contribution in [1.82, 2.24) is 0 Å². The van der Waals surface area contributed by atoms with Gasteiger partial charge in [-0.2, -0.15) is 26.3 Å². The zero-order valence-electron chi connectivity index (χ0n) is 12.8. The number of halogens is 7. The summed E-state index contributed by atoms with van der Waals surface area (Å²) in [5, 5.41) is 12.3. The highest BCUT2D eigenvalue weighted by atomic mass is 35.5. The van der Waals surface area contributed by atoms with Gasteiger partial charge >= 0.3 is 12.4 Å². The highest BCUT2D eigenvalue weighted by Crippen LogP contribution is 2.36. The highest BCUT2D eigenvalue weighted by molar-refractivity contribution is 6.34. The van der Waals surface area contributed by atoms with Gasteiger partial charge in [-0.3, -0.25) is 14.9 Å². The van der Waals surface area contributed by atoms with E-state index in [1.165, 1.54) is 0 Å². The van der Waals surface area contributed by atoms with Crippen molar-refractivity contribution in [3.8, 4) is 0 Å². The SMILES string of the molecule is O=C(Nc1ccc([N+](=O)[O-])cc1Cl)c1cc(C(F)(F)F)cc(C(F)(F)F)c1. The fourth-order valence-electron chi connectivity index (χ4n) is 2.00. The van der Waals surface area contributed by atoms with Gasteiger partial charge in [-0.1, -0.05) is 11.6 Å². The zero-order valence-corrected chi connectivity index (χ0v) is 13.5. The maximum atomic E-state index is 12.8. The minimum atomic E-state index is -5.11. The number of nitro groups is 1. The van der Waals surface area contributed by atoms with Gasteiger partial charge < -0.3 is 5.32 Å². The summed E-state index contributed by atoms with van der Waals surface area (Å²) in [7, 11) is 0. The molecule has 2 aromatic rings. The second-order valence-electron chi connectivity index (χ2n) is 5.17. The molecule has 1 N–H and O–H groups in total. The number of alkyl halides is 6. The van der Waals surface area contributed by atoms with Crippen LogP contribution in [-0.2, 0) is 12.4 Å². The standard InChI is InChI=1S/C15H7ClF6N2O3/c16-11-6-10(24(26)27)1-2-12(11)23-13(25)7-3-8(14(17,18)19)5-9(4-7)15(20,21)22/h1-6H,(H,23,25). The van der Waals surface area contributed by atoms with Crippen LogP contribution < -0.4 is 5.32 Å². The lowest BCUT2D eigenvalue weighted by molar-refractivity contribution is -0.384. The Morgan fingerprint density at radius 1 is 0.963 bits per heavy atom. The fourth-order valence-corrected chi connectivity index (χ4v) is 2.22. The van der Waals surface area contributed by atoms with Crippen molar-refractivity contribution in [2.45, 2.75) is 12.4 Å². The van der Waals surface area contributed by atoms with E-state index in [4.69, 9.17) is 11.6 Å². The summed E-state index contributed by atoms with van der Waals surface area (Å²) in [6, 6.07) is 3.21.